The number of amides is 1. The zero-order chi connectivity index (χ0) is 25.1. The molecule has 1 aliphatic carbocycles. The van der Waals surface area contributed by atoms with Crippen molar-refractivity contribution in [2.24, 2.45) is 0 Å². The Morgan fingerprint density at radius 1 is 0.971 bits per heavy atom. The van der Waals surface area contributed by atoms with Crippen molar-refractivity contribution in [1.82, 2.24) is 5.32 Å². The van der Waals surface area contributed by atoms with E-state index >= 15 is 0 Å². The van der Waals surface area contributed by atoms with Gasteiger partial charge in [-0.15, -0.1) is 0 Å². The number of ether oxygens (including phenoxy) is 3. The monoisotopic (exact) mass is 483 g/mol. The number of halogens is 2. The molecule has 4 rings (SSSR count). The highest BCUT2D eigenvalue weighted by Crippen LogP contribution is 2.34. The lowest BCUT2D eigenvalue weighted by atomic mass is 10.1. The smallest absolute Gasteiger partial charge is 0.493 e. The maximum atomic E-state index is 14.6. The summed E-state index contributed by atoms with van der Waals surface area (Å²) >= 11 is 0. The van der Waals surface area contributed by atoms with Crippen LogP contribution in [0.1, 0.15) is 27.0 Å². The quantitative estimate of drug-likeness (QED) is 0.354. The van der Waals surface area contributed by atoms with Gasteiger partial charge >= 0.3 is 12.1 Å². The van der Waals surface area contributed by atoms with E-state index in [1.165, 1.54) is 49.6 Å². The van der Waals surface area contributed by atoms with E-state index in [1.807, 2.05) is 24.3 Å². The van der Waals surface area contributed by atoms with Gasteiger partial charge in [-0.1, -0.05) is 54.6 Å². The summed E-state index contributed by atoms with van der Waals surface area (Å²) in [6.45, 7) is -0.972. The van der Waals surface area contributed by atoms with Crippen molar-refractivity contribution in [3.05, 3.63) is 95.1 Å². The lowest BCUT2D eigenvalue weighted by Crippen LogP contribution is -2.52. The SMILES string of the molecule is COc1ccc(C(=O)NC2(OC(=O)O)Cc3ccccc3C2)cc1OCC(F)(F)c1ccccc1. The molecular formula is C26H23F2NO6. The molecule has 7 nitrogen and oxygen atoms in total. The summed E-state index contributed by atoms with van der Waals surface area (Å²) in [6.07, 6.45) is -1.21. The van der Waals surface area contributed by atoms with Crippen LogP contribution in [0.15, 0.2) is 72.8 Å². The summed E-state index contributed by atoms with van der Waals surface area (Å²) in [5.74, 6) is -3.82. The molecule has 2 N–H and O–H groups in total. The Kier molecular flexibility index (Phi) is 6.59. The van der Waals surface area contributed by atoms with E-state index in [0.717, 1.165) is 11.1 Å². The minimum Gasteiger partial charge on any atom is -0.493 e. The fraction of sp³-hybridized carbons (Fsp3) is 0.231. The van der Waals surface area contributed by atoms with E-state index < -0.39 is 30.3 Å². The van der Waals surface area contributed by atoms with Crippen LogP contribution in [0.3, 0.4) is 0 Å². The number of methoxy groups -OCH3 is 1. The number of carboxylic acid groups (broad SMARTS) is 1. The van der Waals surface area contributed by atoms with Crippen LogP contribution in [0.25, 0.3) is 0 Å². The van der Waals surface area contributed by atoms with Crippen LogP contribution in [-0.2, 0) is 23.5 Å². The number of carbonyl (C=O) groups is 2. The molecule has 1 amide bonds. The van der Waals surface area contributed by atoms with Gasteiger partial charge in [0.2, 0.25) is 0 Å². The third kappa shape index (κ3) is 5.34. The summed E-state index contributed by atoms with van der Waals surface area (Å²) in [6, 6.07) is 18.6. The molecule has 0 fully saturated rings. The van der Waals surface area contributed by atoms with Crippen LogP contribution in [0.2, 0.25) is 0 Å². The van der Waals surface area contributed by atoms with Crippen molar-refractivity contribution in [1.29, 1.82) is 0 Å². The Labute approximate surface area is 200 Å². The molecule has 9 heteroatoms. The fourth-order valence-corrected chi connectivity index (χ4v) is 4.08. The molecule has 0 bridgehead atoms. The van der Waals surface area contributed by atoms with Gasteiger partial charge in [-0.25, -0.2) is 4.79 Å². The average Bonchev–Trinajstić information content (AvgIpc) is 3.19. The Balaban J connectivity index is 1.54. The number of nitrogens with one attached hydrogen (secondary N) is 1. The Morgan fingerprint density at radius 2 is 1.60 bits per heavy atom. The first-order chi connectivity index (χ1) is 16.7. The zero-order valence-corrected chi connectivity index (χ0v) is 18.8. The molecule has 35 heavy (non-hydrogen) atoms. The van der Waals surface area contributed by atoms with Gasteiger partial charge in [0, 0.05) is 24.0 Å². The second kappa shape index (κ2) is 9.61. The van der Waals surface area contributed by atoms with Gasteiger partial charge in [-0.05, 0) is 29.3 Å². The minimum absolute atomic E-state index is 0.0568. The number of carbonyl (C=O) groups excluding carboxylic acids is 1. The first-order valence-electron chi connectivity index (χ1n) is 10.8. The number of rotatable bonds is 8. The molecule has 0 radical (unpaired) electrons. The van der Waals surface area contributed by atoms with Crippen molar-refractivity contribution in [2.45, 2.75) is 24.5 Å². The van der Waals surface area contributed by atoms with Gasteiger partial charge in [0.05, 0.1) is 7.11 Å². The van der Waals surface area contributed by atoms with Crippen molar-refractivity contribution in [3.63, 3.8) is 0 Å². The molecule has 0 unspecified atom stereocenters. The third-order valence-corrected chi connectivity index (χ3v) is 5.73. The van der Waals surface area contributed by atoms with Crippen LogP contribution in [0.4, 0.5) is 13.6 Å². The molecule has 1 aliphatic rings. The predicted octanol–water partition coefficient (Wildman–Crippen LogP) is 4.79. The van der Waals surface area contributed by atoms with Gasteiger partial charge in [-0.2, -0.15) is 8.78 Å². The summed E-state index contributed by atoms with van der Waals surface area (Å²) in [5.41, 5.74) is 0.0786. The predicted molar refractivity (Wildman–Crippen MR) is 122 cm³/mol. The Hall–Kier alpha value is -4.14. The first kappa shape index (κ1) is 24.0. The number of benzene rings is 3. The van der Waals surface area contributed by atoms with Gasteiger partial charge in [0.1, 0.15) is 0 Å². The Bertz CT molecular complexity index is 1210. The first-order valence-corrected chi connectivity index (χ1v) is 10.8. The minimum atomic E-state index is -3.28. The van der Waals surface area contributed by atoms with Gasteiger partial charge in [-0.3, -0.25) is 4.79 Å². The highest BCUT2D eigenvalue weighted by molar-refractivity contribution is 5.95. The van der Waals surface area contributed by atoms with E-state index in [1.54, 1.807) is 6.07 Å². The number of alkyl halides is 2. The molecule has 182 valence electrons. The Morgan fingerprint density at radius 3 is 2.20 bits per heavy atom. The summed E-state index contributed by atoms with van der Waals surface area (Å²) in [5, 5.41) is 11.9. The summed E-state index contributed by atoms with van der Waals surface area (Å²) < 4.78 is 44.9. The van der Waals surface area contributed by atoms with E-state index in [-0.39, 0.29) is 35.5 Å². The maximum Gasteiger partial charge on any atom is 0.507 e. The molecular weight excluding hydrogens is 460 g/mol. The van der Waals surface area contributed by atoms with Crippen molar-refractivity contribution in [2.75, 3.05) is 13.7 Å². The van der Waals surface area contributed by atoms with Crippen molar-refractivity contribution >= 4 is 12.1 Å². The topological polar surface area (TPSA) is 94.1 Å². The number of fused-ring (bicyclic) bond motifs is 1. The summed E-state index contributed by atoms with van der Waals surface area (Å²) in [4.78, 5) is 24.5. The lowest BCUT2D eigenvalue weighted by Gasteiger charge is -2.28. The van der Waals surface area contributed by atoms with Crippen LogP contribution in [0, 0.1) is 0 Å². The average molecular weight is 483 g/mol. The standard InChI is InChI=1S/C26H23F2NO6/c1-33-21-12-11-17(13-22(21)34-16-26(27,28)20-9-3-2-4-10-20)23(30)29-25(35-24(31)32)14-18-7-5-6-8-19(18)15-25/h2-13H,14-16H2,1H3,(H,29,30)(H,31,32). The molecule has 0 aliphatic heterocycles. The summed E-state index contributed by atoms with van der Waals surface area (Å²) in [7, 11) is 1.35. The van der Waals surface area contributed by atoms with Gasteiger partial charge in [0.15, 0.2) is 23.8 Å². The van der Waals surface area contributed by atoms with E-state index in [0.29, 0.717) is 0 Å². The van der Waals surface area contributed by atoms with E-state index in [2.05, 4.69) is 5.32 Å². The van der Waals surface area contributed by atoms with Crippen molar-refractivity contribution in [3.8, 4) is 11.5 Å². The van der Waals surface area contributed by atoms with Crippen LogP contribution >= 0.6 is 0 Å². The van der Waals surface area contributed by atoms with Crippen LogP contribution < -0.4 is 14.8 Å². The van der Waals surface area contributed by atoms with E-state index in [4.69, 9.17) is 14.2 Å². The van der Waals surface area contributed by atoms with Crippen molar-refractivity contribution < 1.29 is 37.7 Å². The molecule has 0 saturated heterocycles. The van der Waals surface area contributed by atoms with Crippen LogP contribution in [-0.4, -0.2) is 36.6 Å². The van der Waals surface area contributed by atoms with Gasteiger partial charge in [0.25, 0.3) is 5.91 Å². The van der Waals surface area contributed by atoms with Gasteiger partial charge < -0.3 is 24.6 Å². The zero-order valence-electron chi connectivity index (χ0n) is 18.8. The molecule has 0 saturated carbocycles. The maximum absolute atomic E-state index is 14.6. The molecule has 0 heterocycles. The highest BCUT2D eigenvalue weighted by Gasteiger charge is 2.42. The number of hydrogen-bond acceptors (Lipinski definition) is 5. The molecule has 0 spiro atoms. The van der Waals surface area contributed by atoms with E-state index in [9.17, 15) is 23.5 Å². The number of hydrogen-bond donors (Lipinski definition) is 2. The fourth-order valence-electron chi connectivity index (χ4n) is 4.08. The molecule has 0 atom stereocenters. The third-order valence-electron chi connectivity index (χ3n) is 5.73. The van der Waals surface area contributed by atoms with Crippen LogP contribution in [0.5, 0.6) is 11.5 Å². The lowest BCUT2D eigenvalue weighted by molar-refractivity contribution is -0.0472. The highest BCUT2D eigenvalue weighted by atomic mass is 19.3. The normalized spacial score (nSPS) is 14.0. The second-order valence-electron chi connectivity index (χ2n) is 8.16. The second-order valence-corrected chi connectivity index (χ2v) is 8.16. The molecule has 0 aromatic heterocycles. The molecule has 3 aromatic rings. The largest absolute Gasteiger partial charge is 0.507 e. The molecule has 3 aromatic carbocycles.